The SMILES string of the molecule is CC(=O)OCC(=O)OC[C@@H]1CNC(=O)O1. The highest BCUT2D eigenvalue weighted by Gasteiger charge is 2.23. The molecule has 0 spiro atoms. The second-order valence-electron chi connectivity index (χ2n) is 2.87. The number of hydrogen-bond acceptors (Lipinski definition) is 6. The third-order valence-corrected chi connectivity index (χ3v) is 1.57. The predicted octanol–water partition coefficient (Wildman–Crippen LogP) is -0.799. The van der Waals surface area contributed by atoms with E-state index < -0.39 is 30.7 Å². The summed E-state index contributed by atoms with van der Waals surface area (Å²) in [6.45, 7) is 1.03. The van der Waals surface area contributed by atoms with Gasteiger partial charge in [0.05, 0.1) is 6.54 Å². The van der Waals surface area contributed by atoms with Crippen LogP contribution in [0, 0.1) is 0 Å². The summed E-state index contributed by atoms with van der Waals surface area (Å²) in [5, 5.41) is 2.41. The van der Waals surface area contributed by atoms with Crippen LogP contribution in [0.1, 0.15) is 6.92 Å². The van der Waals surface area contributed by atoms with Gasteiger partial charge in [-0.3, -0.25) is 4.79 Å². The van der Waals surface area contributed by atoms with Crippen LogP contribution >= 0.6 is 0 Å². The molecule has 15 heavy (non-hydrogen) atoms. The Bertz CT molecular complexity index is 276. The standard InChI is InChI=1S/C8H11NO6/c1-5(10)13-4-7(11)14-3-6-2-9-8(12)15-6/h6H,2-4H2,1H3,(H,9,12)/t6-/m0/s1. The lowest BCUT2D eigenvalue weighted by Gasteiger charge is -2.08. The summed E-state index contributed by atoms with van der Waals surface area (Å²) in [5.41, 5.74) is 0. The van der Waals surface area contributed by atoms with Gasteiger partial charge in [0.2, 0.25) is 0 Å². The highest BCUT2D eigenvalue weighted by atomic mass is 16.6. The minimum Gasteiger partial charge on any atom is -0.459 e. The van der Waals surface area contributed by atoms with E-state index >= 15 is 0 Å². The number of hydrogen-bond donors (Lipinski definition) is 1. The molecule has 1 saturated heterocycles. The number of carbonyl (C=O) groups is 3. The third kappa shape index (κ3) is 4.30. The number of ether oxygens (including phenoxy) is 3. The number of cyclic esters (lactones) is 1. The zero-order valence-electron chi connectivity index (χ0n) is 8.15. The summed E-state index contributed by atoms with van der Waals surface area (Å²) in [6.07, 6.45) is -1.00. The normalized spacial score (nSPS) is 19.0. The molecule has 1 heterocycles. The molecule has 0 aromatic heterocycles. The number of rotatable bonds is 4. The summed E-state index contributed by atoms with van der Waals surface area (Å²) in [7, 11) is 0. The first-order chi connectivity index (χ1) is 7.08. The van der Waals surface area contributed by atoms with E-state index in [4.69, 9.17) is 9.47 Å². The molecule has 0 bridgehead atoms. The Morgan fingerprint density at radius 1 is 1.53 bits per heavy atom. The van der Waals surface area contributed by atoms with Crippen LogP contribution in [-0.2, 0) is 23.8 Å². The van der Waals surface area contributed by atoms with E-state index in [-0.39, 0.29) is 6.61 Å². The molecule has 1 fully saturated rings. The maximum atomic E-state index is 10.9. The number of amides is 1. The van der Waals surface area contributed by atoms with E-state index in [0.717, 1.165) is 0 Å². The number of alkyl carbamates (subject to hydrolysis) is 1. The second-order valence-corrected chi connectivity index (χ2v) is 2.87. The zero-order valence-corrected chi connectivity index (χ0v) is 8.15. The molecule has 84 valence electrons. The molecule has 1 N–H and O–H groups in total. The Morgan fingerprint density at radius 2 is 2.27 bits per heavy atom. The van der Waals surface area contributed by atoms with Gasteiger partial charge in [0.25, 0.3) is 0 Å². The van der Waals surface area contributed by atoms with Crippen LogP contribution in [0.4, 0.5) is 4.79 Å². The van der Waals surface area contributed by atoms with Gasteiger partial charge in [-0.2, -0.15) is 0 Å². The number of nitrogens with one attached hydrogen (secondary N) is 1. The lowest BCUT2D eigenvalue weighted by atomic mass is 10.4. The van der Waals surface area contributed by atoms with Gasteiger partial charge in [0.15, 0.2) is 12.7 Å². The van der Waals surface area contributed by atoms with Crippen LogP contribution in [-0.4, -0.2) is 43.9 Å². The zero-order chi connectivity index (χ0) is 11.3. The molecule has 1 amide bonds. The smallest absolute Gasteiger partial charge is 0.407 e. The van der Waals surface area contributed by atoms with Crippen LogP contribution in [0.5, 0.6) is 0 Å². The van der Waals surface area contributed by atoms with Crippen molar-refractivity contribution in [1.82, 2.24) is 5.32 Å². The van der Waals surface area contributed by atoms with Crippen molar-refractivity contribution in [1.29, 1.82) is 0 Å². The fraction of sp³-hybridized carbons (Fsp3) is 0.625. The van der Waals surface area contributed by atoms with Crippen molar-refractivity contribution in [2.75, 3.05) is 19.8 Å². The molecule has 1 aliphatic heterocycles. The summed E-state index contributed by atoms with van der Waals surface area (Å²) >= 11 is 0. The van der Waals surface area contributed by atoms with Crippen molar-refractivity contribution in [2.24, 2.45) is 0 Å². The largest absolute Gasteiger partial charge is 0.459 e. The minimum absolute atomic E-state index is 0.0428. The summed E-state index contributed by atoms with van der Waals surface area (Å²) < 4.78 is 13.8. The molecule has 1 rings (SSSR count). The van der Waals surface area contributed by atoms with Gasteiger partial charge >= 0.3 is 18.0 Å². The number of carbonyl (C=O) groups excluding carboxylic acids is 3. The quantitative estimate of drug-likeness (QED) is 0.489. The maximum absolute atomic E-state index is 10.9. The van der Waals surface area contributed by atoms with Crippen LogP contribution in [0.3, 0.4) is 0 Å². The van der Waals surface area contributed by atoms with Crippen LogP contribution in [0.15, 0.2) is 0 Å². The third-order valence-electron chi connectivity index (χ3n) is 1.57. The first-order valence-electron chi connectivity index (χ1n) is 4.31. The van der Waals surface area contributed by atoms with Gasteiger partial charge in [-0.25, -0.2) is 9.59 Å². The Morgan fingerprint density at radius 3 is 2.80 bits per heavy atom. The molecule has 0 unspecified atom stereocenters. The maximum Gasteiger partial charge on any atom is 0.407 e. The molecule has 0 aromatic carbocycles. The summed E-state index contributed by atoms with van der Waals surface area (Å²) in [6, 6.07) is 0. The predicted molar refractivity (Wildman–Crippen MR) is 45.9 cm³/mol. The highest BCUT2D eigenvalue weighted by molar-refractivity contribution is 5.75. The van der Waals surface area contributed by atoms with E-state index in [2.05, 4.69) is 10.1 Å². The van der Waals surface area contributed by atoms with Gasteiger partial charge in [-0.05, 0) is 0 Å². The average Bonchev–Trinajstić information content (AvgIpc) is 2.58. The Balaban J connectivity index is 2.11. The lowest BCUT2D eigenvalue weighted by Crippen LogP contribution is -2.24. The van der Waals surface area contributed by atoms with Gasteiger partial charge in [0.1, 0.15) is 6.61 Å². The molecular weight excluding hydrogens is 206 g/mol. The topological polar surface area (TPSA) is 90.9 Å². The lowest BCUT2D eigenvalue weighted by molar-refractivity contribution is -0.159. The summed E-state index contributed by atoms with van der Waals surface area (Å²) in [4.78, 5) is 31.8. The van der Waals surface area contributed by atoms with E-state index in [1.807, 2.05) is 0 Å². The molecule has 0 radical (unpaired) electrons. The van der Waals surface area contributed by atoms with E-state index in [1.54, 1.807) is 0 Å². The fourth-order valence-electron chi connectivity index (χ4n) is 0.913. The fourth-order valence-corrected chi connectivity index (χ4v) is 0.913. The minimum atomic E-state index is -0.673. The highest BCUT2D eigenvalue weighted by Crippen LogP contribution is 2.00. The monoisotopic (exact) mass is 217 g/mol. The molecule has 1 atom stereocenters. The first-order valence-corrected chi connectivity index (χ1v) is 4.31. The van der Waals surface area contributed by atoms with E-state index in [1.165, 1.54) is 6.92 Å². The van der Waals surface area contributed by atoms with Gasteiger partial charge < -0.3 is 19.5 Å². The molecule has 7 heteroatoms. The van der Waals surface area contributed by atoms with E-state index in [0.29, 0.717) is 6.54 Å². The van der Waals surface area contributed by atoms with Gasteiger partial charge in [-0.15, -0.1) is 0 Å². The van der Waals surface area contributed by atoms with Crippen molar-refractivity contribution in [3.8, 4) is 0 Å². The van der Waals surface area contributed by atoms with Gasteiger partial charge in [0, 0.05) is 6.92 Å². The average molecular weight is 217 g/mol. The van der Waals surface area contributed by atoms with Crippen molar-refractivity contribution in [3.63, 3.8) is 0 Å². The Hall–Kier alpha value is -1.79. The van der Waals surface area contributed by atoms with Crippen molar-refractivity contribution in [2.45, 2.75) is 13.0 Å². The molecule has 7 nitrogen and oxygen atoms in total. The molecule has 0 aromatic rings. The van der Waals surface area contributed by atoms with Crippen molar-refractivity contribution < 1.29 is 28.6 Å². The van der Waals surface area contributed by atoms with Gasteiger partial charge in [-0.1, -0.05) is 0 Å². The second kappa shape index (κ2) is 5.18. The van der Waals surface area contributed by atoms with E-state index in [9.17, 15) is 14.4 Å². The first kappa shape index (κ1) is 11.3. The Labute approximate surface area is 85.7 Å². The Kier molecular flexibility index (Phi) is 3.90. The number of esters is 2. The van der Waals surface area contributed by atoms with Crippen molar-refractivity contribution in [3.05, 3.63) is 0 Å². The van der Waals surface area contributed by atoms with Crippen LogP contribution in [0.2, 0.25) is 0 Å². The molecule has 0 aliphatic carbocycles. The van der Waals surface area contributed by atoms with Crippen LogP contribution < -0.4 is 5.32 Å². The molecule has 1 aliphatic rings. The molecular formula is C8H11NO6. The van der Waals surface area contributed by atoms with Crippen LogP contribution in [0.25, 0.3) is 0 Å². The summed E-state index contributed by atoms with van der Waals surface area (Å²) in [5.74, 6) is -1.23. The van der Waals surface area contributed by atoms with Crippen molar-refractivity contribution >= 4 is 18.0 Å². The molecule has 0 saturated carbocycles.